The number of nitrogens with zero attached hydrogens (tertiary/aromatic N) is 2. The average molecular weight is 226 g/mol. The van der Waals surface area contributed by atoms with Crippen LogP contribution in [0.25, 0.3) is 10.2 Å². The third kappa shape index (κ3) is 1.32. The highest BCUT2D eigenvalue weighted by molar-refractivity contribution is 7.23. The standard InChI is InChI=1S/C9H10N2OS2/c1-6-13-8-7(1)10-14-9(8)11-2-4-12-5-3-11/h1,6H,2-5H2. The van der Waals surface area contributed by atoms with E-state index in [1.165, 1.54) is 9.70 Å². The van der Waals surface area contributed by atoms with E-state index in [-0.39, 0.29) is 0 Å². The van der Waals surface area contributed by atoms with E-state index < -0.39 is 0 Å². The highest BCUT2D eigenvalue weighted by Gasteiger charge is 2.16. The lowest BCUT2D eigenvalue weighted by Gasteiger charge is -2.26. The Morgan fingerprint density at radius 2 is 2.21 bits per heavy atom. The average Bonchev–Trinajstić information content (AvgIpc) is 2.79. The van der Waals surface area contributed by atoms with E-state index >= 15 is 0 Å². The maximum atomic E-state index is 5.34. The van der Waals surface area contributed by atoms with Gasteiger partial charge in [0.05, 0.1) is 23.4 Å². The first-order valence-corrected chi connectivity index (χ1v) is 6.26. The van der Waals surface area contributed by atoms with Crippen molar-refractivity contribution in [2.45, 2.75) is 0 Å². The van der Waals surface area contributed by atoms with Crippen molar-refractivity contribution < 1.29 is 4.74 Å². The van der Waals surface area contributed by atoms with Gasteiger partial charge >= 0.3 is 0 Å². The molecule has 3 rings (SSSR count). The molecule has 1 aliphatic heterocycles. The van der Waals surface area contributed by atoms with Gasteiger partial charge in [0.2, 0.25) is 0 Å². The molecule has 1 fully saturated rings. The summed E-state index contributed by atoms with van der Waals surface area (Å²) in [6, 6.07) is 2.08. The molecule has 0 bridgehead atoms. The summed E-state index contributed by atoms with van der Waals surface area (Å²) in [7, 11) is 0. The zero-order chi connectivity index (χ0) is 9.38. The van der Waals surface area contributed by atoms with Crippen LogP contribution in [0.1, 0.15) is 0 Å². The number of morpholine rings is 1. The highest BCUT2D eigenvalue weighted by atomic mass is 32.1. The second-order valence-electron chi connectivity index (χ2n) is 3.22. The number of thiophene rings is 1. The van der Waals surface area contributed by atoms with E-state index in [1.54, 1.807) is 22.9 Å². The summed E-state index contributed by atoms with van der Waals surface area (Å²) in [4.78, 5) is 2.38. The van der Waals surface area contributed by atoms with Gasteiger partial charge in [-0.15, -0.1) is 11.3 Å². The summed E-state index contributed by atoms with van der Waals surface area (Å²) in [6.45, 7) is 3.67. The molecule has 2 aromatic heterocycles. The SMILES string of the molecule is c1cc2nsc(N3CCOCC3)c2s1. The topological polar surface area (TPSA) is 25.4 Å². The molecule has 0 N–H and O–H groups in total. The van der Waals surface area contributed by atoms with Gasteiger partial charge in [0.25, 0.3) is 0 Å². The van der Waals surface area contributed by atoms with Crippen molar-refractivity contribution in [3.8, 4) is 0 Å². The molecule has 74 valence electrons. The molecule has 14 heavy (non-hydrogen) atoms. The minimum atomic E-state index is 0.838. The van der Waals surface area contributed by atoms with Crippen molar-refractivity contribution in [3.05, 3.63) is 11.4 Å². The Labute approximate surface area is 90.1 Å². The Balaban J connectivity index is 1.99. The van der Waals surface area contributed by atoms with Crippen LogP contribution in [-0.2, 0) is 4.74 Å². The van der Waals surface area contributed by atoms with E-state index in [0.29, 0.717) is 0 Å². The molecule has 3 nitrogen and oxygen atoms in total. The maximum Gasteiger partial charge on any atom is 0.130 e. The molecule has 0 saturated carbocycles. The summed E-state index contributed by atoms with van der Waals surface area (Å²) in [5.74, 6) is 0. The number of anilines is 1. The van der Waals surface area contributed by atoms with Crippen LogP contribution in [0.3, 0.4) is 0 Å². The fourth-order valence-electron chi connectivity index (χ4n) is 1.64. The quantitative estimate of drug-likeness (QED) is 0.745. The third-order valence-corrected chi connectivity index (χ3v) is 4.33. The number of aromatic nitrogens is 1. The Morgan fingerprint density at radius 1 is 1.36 bits per heavy atom. The van der Waals surface area contributed by atoms with E-state index in [4.69, 9.17) is 4.74 Å². The minimum Gasteiger partial charge on any atom is -0.378 e. The summed E-state index contributed by atoms with van der Waals surface area (Å²) in [5.41, 5.74) is 1.14. The molecule has 0 atom stereocenters. The maximum absolute atomic E-state index is 5.34. The van der Waals surface area contributed by atoms with Crippen molar-refractivity contribution in [2.24, 2.45) is 0 Å². The molecule has 0 radical (unpaired) electrons. The summed E-state index contributed by atoms with van der Waals surface area (Å²) in [6.07, 6.45) is 0. The Hall–Kier alpha value is -0.650. The van der Waals surface area contributed by atoms with Gasteiger partial charge < -0.3 is 9.64 Å². The van der Waals surface area contributed by atoms with E-state index in [2.05, 4.69) is 20.7 Å². The number of fused-ring (bicyclic) bond motifs is 1. The van der Waals surface area contributed by atoms with Gasteiger partial charge in [-0.25, -0.2) is 0 Å². The second kappa shape index (κ2) is 3.49. The van der Waals surface area contributed by atoms with E-state index in [9.17, 15) is 0 Å². The fraction of sp³-hybridized carbons (Fsp3) is 0.444. The van der Waals surface area contributed by atoms with Crippen molar-refractivity contribution in [1.29, 1.82) is 0 Å². The molecule has 0 spiro atoms. The van der Waals surface area contributed by atoms with Gasteiger partial charge in [-0.1, -0.05) is 0 Å². The molecule has 0 aliphatic carbocycles. The van der Waals surface area contributed by atoms with Crippen molar-refractivity contribution in [3.63, 3.8) is 0 Å². The van der Waals surface area contributed by atoms with Gasteiger partial charge in [0.15, 0.2) is 0 Å². The zero-order valence-corrected chi connectivity index (χ0v) is 9.24. The third-order valence-electron chi connectivity index (χ3n) is 2.37. The first-order chi connectivity index (χ1) is 6.95. The number of hydrogen-bond donors (Lipinski definition) is 0. The van der Waals surface area contributed by atoms with Crippen LogP contribution < -0.4 is 4.90 Å². The van der Waals surface area contributed by atoms with Gasteiger partial charge in [-0.05, 0) is 23.0 Å². The van der Waals surface area contributed by atoms with Gasteiger partial charge in [0.1, 0.15) is 5.00 Å². The molecule has 3 heterocycles. The fourth-order valence-corrected chi connectivity index (χ4v) is 3.57. The van der Waals surface area contributed by atoms with Gasteiger partial charge in [-0.3, -0.25) is 0 Å². The second-order valence-corrected chi connectivity index (χ2v) is 4.89. The lowest BCUT2D eigenvalue weighted by molar-refractivity contribution is 0.123. The monoisotopic (exact) mass is 226 g/mol. The largest absolute Gasteiger partial charge is 0.378 e. The molecule has 1 saturated heterocycles. The molecular weight excluding hydrogens is 216 g/mol. The van der Waals surface area contributed by atoms with E-state index in [1.807, 2.05) is 0 Å². The van der Waals surface area contributed by atoms with Crippen LogP contribution in [0.4, 0.5) is 5.00 Å². The number of hydrogen-bond acceptors (Lipinski definition) is 5. The van der Waals surface area contributed by atoms with Crippen molar-refractivity contribution >= 4 is 38.1 Å². The smallest absolute Gasteiger partial charge is 0.130 e. The molecule has 1 aliphatic rings. The lowest BCUT2D eigenvalue weighted by Crippen LogP contribution is -2.35. The molecule has 5 heteroatoms. The Kier molecular flexibility index (Phi) is 2.15. The molecule has 2 aromatic rings. The first kappa shape index (κ1) is 8.64. The predicted molar refractivity (Wildman–Crippen MR) is 60.5 cm³/mol. The lowest BCUT2D eigenvalue weighted by atomic mass is 10.4. The van der Waals surface area contributed by atoms with E-state index in [0.717, 1.165) is 31.8 Å². The van der Waals surface area contributed by atoms with Crippen LogP contribution in [0.2, 0.25) is 0 Å². The normalized spacial score (nSPS) is 17.9. The molecule has 0 amide bonds. The molecule has 0 unspecified atom stereocenters. The van der Waals surface area contributed by atoms with Crippen LogP contribution in [0, 0.1) is 0 Å². The summed E-state index contributed by atoms with van der Waals surface area (Å²) >= 11 is 3.39. The van der Waals surface area contributed by atoms with Crippen molar-refractivity contribution in [2.75, 3.05) is 31.2 Å². The van der Waals surface area contributed by atoms with Crippen molar-refractivity contribution in [1.82, 2.24) is 4.37 Å². The Bertz CT molecular complexity index is 431. The Morgan fingerprint density at radius 3 is 3.07 bits per heavy atom. The summed E-state index contributed by atoms with van der Waals surface area (Å²) in [5, 5.41) is 3.42. The van der Waals surface area contributed by atoms with Crippen LogP contribution in [0.15, 0.2) is 11.4 Å². The van der Waals surface area contributed by atoms with Gasteiger partial charge in [0, 0.05) is 13.1 Å². The summed E-state index contributed by atoms with van der Waals surface area (Å²) < 4.78 is 11.1. The highest BCUT2D eigenvalue weighted by Crippen LogP contribution is 2.35. The predicted octanol–water partition coefficient (Wildman–Crippen LogP) is 2.19. The van der Waals surface area contributed by atoms with Crippen LogP contribution in [0.5, 0.6) is 0 Å². The molecular formula is C9H10N2OS2. The minimum absolute atomic E-state index is 0.838. The van der Waals surface area contributed by atoms with Crippen LogP contribution in [-0.4, -0.2) is 30.7 Å². The zero-order valence-electron chi connectivity index (χ0n) is 7.60. The first-order valence-electron chi connectivity index (χ1n) is 4.61. The van der Waals surface area contributed by atoms with Gasteiger partial charge in [-0.2, -0.15) is 4.37 Å². The van der Waals surface area contributed by atoms with Crippen LogP contribution >= 0.6 is 22.9 Å². The molecule has 0 aromatic carbocycles. The number of rotatable bonds is 1. The number of ether oxygens (including phenoxy) is 1.